The number of nitrogens with zero attached hydrogens (tertiary/aromatic N) is 2. The number of ether oxygens (including phenoxy) is 2. The zero-order valence-corrected chi connectivity index (χ0v) is 12.2. The van der Waals surface area contributed by atoms with Crippen LogP contribution in [0, 0.1) is 0 Å². The van der Waals surface area contributed by atoms with Crippen molar-refractivity contribution in [3.05, 3.63) is 41.5 Å². The molecule has 21 heavy (non-hydrogen) atoms. The predicted octanol–water partition coefficient (Wildman–Crippen LogP) is 1.87. The fraction of sp³-hybridized carbons (Fsp3) is 0.467. The summed E-state index contributed by atoms with van der Waals surface area (Å²) in [5, 5.41) is 7.26. The Kier molecular flexibility index (Phi) is 4.17. The molecule has 0 amide bonds. The van der Waals surface area contributed by atoms with Crippen molar-refractivity contribution in [3.63, 3.8) is 0 Å². The number of benzene rings is 1. The number of nitrogens with one attached hydrogen (secondary N) is 1. The highest BCUT2D eigenvalue weighted by Crippen LogP contribution is 2.35. The second-order valence-corrected chi connectivity index (χ2v) is 5.16. The molecular weight excluding hydrogens is 270 g/mol. The zero-order valence-electron chi connectivity index (χ0n) is 12.2. The van der Waals surface area contributed by atoms with Gasteiger partial charge in [0.25, 0.3) is 0 Å². The van der Waals surface area contributed by atoms with Crippen molar-refractivity contribution in [3.8, 4) is 5.75 Å². The summed E-state index contributed by atoms with van der Waals surface area (Å²) in [7, 11) is 1.61. The van der Waals surface area contributed by atoms with Crippen molar-refractivity contribution in [1.29, 1.82) is 0 Å². The second kappa shape index (κ2) is 6.24. The van der Waals surface area contributed by atoms with Crippen LogP contribution >= 0.6 is 0 Å². The first-order valence-corrected chi connectivity index (χ1v) is 7.03. The molecule has 6 nitrogen and oxygen atoms in total. The minimum atomic E-state index is 0.256. The molecule has 1 aromatic heterocycles. The van der Waals surface area contributed by atoms with Crippen LogP contribution in [0.3, 0.4) is 0 Å². The third-order valence-corrected chi connectivity index (χ3v) is 3.70. The first kappa shape index (κ1) is 14.0. The smallest absolute Gasteiger partial charge is 0.240 e. The first-order chi connectivity index (χ1) is 10.3. The van der Waals surface area contributed by atoms with E-state index in [0.717, 1.165) is 5.75 Å². The van der Waals surface area contributed by atoms with E-state index < -0.39 is 0 Å². The van der Waals surface area contributed by atoms with Gasteiger partial charge in [0.1, 0.15) is 12.4 Å². The summed E-state index contributed by atoms with van der Waals surface area (Å²) in [6, 6.07) is 8.43. The summed E-state index contributed by atoms with van der Waals surface area (Å²) in [5.74, 6) is 2.46. The predicted molar refractivity (Wildman–Crippen MR) is 76.0 cm³/mol. The molecule has 1 aromatic carbocycles. The fourth-order valence-electron chi connectivity index (χ4n) is 2.54. The van der Waals surface area contributed by atoms with Crippen LogP contribution in [0.4, 0.5) is 0 Å². The Labute approximate surface area is 123 Å². The molecule has 0 radical (unpaired) electrons. The molecule has 0 spiro atoms. The van der Waals surface area contributed by atoms with Crippen LogP contribution in [0.25, 0.3) is 0 Å². The van der Waals surface area contributed by atoms with Crippen LogP contribution < -0.4 is 10.1 Å². The molecule has 0 bridgehead atoms. The summed E-state index contributed by atoms with van der Waals surface area (Å²) in [5.41, 5.74) is 1.25. The van der Waals surface area contributed by atoms with Crippen LogP contribution in [-0.4, -0.2) is 29.9 Å². The molecule has 112 valence electrons. The molecule has 6 heteroatoms. The highest BCUT2D eigenvalue weighted by molar-refractivity contribution is 5.40. The molecule has 0 fully saturated rings. The molecule has 2 atom stereocenters. The van der Waals surface area contributed by atoms with Gasteiger partial charge in [-0.1, -0.05) is 23.4 Å². The third kappa shape index (κ3) is 3.06. The van der Waals surface area contributed by atoms with E-state index in [1.165, 1.54) is 5.56 Å². The third-order valence-electron chi connectivity index (χ3n) is 3.70. The van der Waals surface area contributed by atoms with Crippen LogP contribution in [0.15, 0.2) is 28.8 Å². The Morgan fingerprint density at radius 2 is 2.29 bits per heavy atom. The quantitative estimate of drug-likeness (QED) is 0.875. The van der Waals surface area contributed by atoms with Gasteiger partial charge in [-0.05, 0) is 13.0 Å². The van der Waals surface area contributed by atoms with Crippen LogP contribution in [0.1, 0.15) is 30.1 Å². The highest BCUT2D eigenvalue weighted by Gasteiger charge is 2.28. The second-order valence-electron chi connectivity index (χ2n) is 5.16. The van der Waals surface area contributed by atoms with E-state index >= 15 is 0 Å². The number of hydrogen-bond acceptors (Lipinski definition) is 6. The van der Waals surface area contributed by atoms with E-state index in [-0.39, 0.29) is 6.04 Å². The number of para-hydroxylation sites is 1. The summed E-state index contributed by atoms with van der Waals surface area (Å²) in [6.07, 6.45) is 0. The largest absolute Gasteiger partial charge is 0.493 e. The number of fused-ring (bicyclic) bond motifs is 1. The Morgan fingerprint density at radius 3 is 3.14 bits per heavy atom. The van der Waals surface area contributed by atoms with E-state index in [0.29, 0.717) is 37.4 Å². The van der Waals surface area contributed by atoms with Crippen LogP contribution in [0.2, 0.25) is 0 Å². The van der Waals surface area contributed by atoms with Gasteiger partial charge < -0.3 is 19.3 Å². The van der Waals surface area contributed by atoms with Crippen LogP contribution in [-0.2, 0) is 17.9 Å². The highest BCUT2D eigenvalue weighted by atomic mass is 16.5. The van der Waals surface area contributed by atoms with Gasteiger partial charge in [-0.2, -0.15) is 4.98 Å². The average Bonchev–Trinajstić information content (AvgIpc) is 3.12. The number of methoxy groups -OCH3 is 1. The minimum Gasteiger partial charge on any atom is -0.493 e. The average molecular weight is 289 g/mol. The summed E-state index contributed by atoms with van der Waals surface area (Å²) in [4.78, 5) is 4.25. The lowest BCUT2D eigenvalue weighted by Gasteiger charge is -2.18. The fourth-order valence-corrected chi connectivity index (χ4v) is 2.54. The van der Waals surface area contributed by atoms with Crippen molar-refractivity contribution in [1.82, 2.24) is 15.5 Å². The van der Waals surface area contributed by atoms with Gasteiger partial charge in [-0.15, -0.1) is 0 Å². The Bertz CT molecular complexity index is 599. The lowest BCUT2D eigenvalue weighted by Crippen LogP contribution is -2.32. The Morgan fingerprint density at radius 1 is 1.43 bits per heavy atom. The first-order valence-electron chi connectivity index (χ1n) is 7.03. The lowest BCUT2D eigenvalue weighted by atomic mass is 9.94. The maximum atomic E-state index is 5.71. The molecule has 3 rings (SSSR count). The van der Waals surface area contributed by atoms with Gasteiger partial charge in [0.05, 0.1) is 13.2 Å². The number of aromatic nitrogens is 2. The monoisotopic (exact) mass is 289 g/mol. The molecule has 2 heterocycles. The van der Waals surface area contributed by atoms with Gasteiger partial charge >= 0.3 is 0 Å². The van der Waals surface area contributed by atoms with E-state index in [4.69, 9.17) is 14.0 Å². The minimum absolute atomic E-state index is 0.256. The zero-order chi connectivity index (χ0) is 14.7. The van der Waals surface area contributed by atoms with Gasteiger partial charge in [0, 0.05) is 24.6 Å². The normalized spacial score (nSPS) is 18.3. The molecule has 2 aromatic rings. The van der Waals surface area contributed by atoms with E-state index in [9.17, 15) is 0 Å². The summed E-state index contributed by atoms with van der Waals surface area (Å²) >= 11 is 0. The molecule has 1 N–H and O–H groups in total. The van der Waals surface area contributed by atoms with Crippen molar-refractivity contribution in [2.45, 2.75) is 32.0 Å². The molecular formula is C15H19N3O3. The van der Waals surface area contributed by atoms with Crippen molar-refractivity contribution < 1.29 is 14.0 Å². The molecule has 0 saturated carbocycles. The molecule has 1 aliphatic heterocycles. The van der Waals surface area contributed by atoms with Crippen LogP contribution in [0.5, 0.6) is 5.75 Å². The number of rotatable bonds is 6. The summed E-state index contributed by atoms with van der Waals surface area (Å²) in [6.45, 7) is 3.74. The van der Waals surface area contributed by atoms with Crippen molar-refractivity contribution in [2.75, 3.05) is 13.7 Å². The van der Waals surface area contributed by atoms with Gasteiger partial charge in [-0.3, -0.25) is 0 Å². The van der Waals surface area contributed by atoms with Crippen molar-refractivity contribution in [2.24, 2.45) is 0 Å². The molecule has 2 unspecified atom stereocenters. The van der Waals surface area contributed by atoms with E-state index in [1.807, 2.05) is 18.2 Å². The molecule has 0 saturated heterocycles. The van der Waals surface area contributed by atoms with Gasteiger partial charge in [-0.25, -0.2) is 0 Å². The maximum absolute atomic E-state index is 5.71. The maximum Gasteiger partial charge on any atom is 0.240 e. The molecule has 1 aliphatic rings. The van der Waals surface area contributed by atoms with Gasteiger partial charge in [0.15, 0.2) is 5.82 Å². The SMILES string of the molecule is COCc1noc(CNC(C)C2COc3ccccc32)n1. The number of hydrogen-bond donors (Lipinski definition) is 1. The molecule has 0 aliphatic carbocycles. The van der Waals surface area contributed by atoms with E-state index in [2.05, 4.69) is 28.4 Å². The van der Waals surface area contributed by atoms with E-state index in [1.54, 1.807) is 7.11 Å². The van der Waals surface area contributed by atoms with Crippen molar-refractivity contribution >= 4 is 0 Å². The topological polar surface area (TPSA) is 69.4 Å². The standard InChI is InChI=1S/C15H19N3O3/c1-10(12-8-20-13-6-4-3-5-11(12)13)16-7-15-17-14(9-19-2)18-21-15/h3-6,10,12,16H,7-9H2,1-2H3. The lowest BCUT2D eigenvalue weighted by molar-refractivity contribution is 0.174. The Balaban J connectivity index is 1.58. The Hall–Kier alpha value is -1.92. The summed E-state index contributed by atoms with van der Waals surface area (Å²) < 4.78 is 15.8. The van der Waals surface area contributed by atoms with Gasteiger partial charge in [0.2, 0.25) is 5.89 Å².